The number of rotatable bonds is 5. The average molecular weight is 215 g/mol. The van der Waals surface area contributed by atoms with Gasteiger partial charge in [0.15, 0.2) is 0 Å². The summed E-state index contributed by atoms with van der Waals surface area (Å²) in [7, 11) is 3.36. The van der Waals surface area contributed by atoms with Gasteiger partial charge >= 0.3 is 6.09 Å². The van der Waals surface area contributed by atoms with Crippen molar-refractivity contribution in [2.75, 3.05) is 40.3 Å². The van der Waals surface area contributed by atoms with Crippen LogP contribution in [0.1, 0.15) is 12.8 Å². The summed E-state index contributed by atoms with van der Waals surface area (Å²) in [6.07, 6.45) is 1.85. The molecule has 0 bridgehead atoms. The lowest BCUT2D eigenvalue weighted by molar-refractivity contribution is 0.166. The minimum Gasteiger partial charge on any atom is -0.453 e. The molecule has 1 heterocycles. The van der Waals surface area contributed by atoms with Crippen LogP contribution in [0, 0.1) is 0 Å². The molecule has 1 aliphatic heterocycles. The second-order valence-corrected chi connectivity index (χ2v) is 3.88. The lowest BCUT2D eigenvalue weighted by atomic mass is 10.3. The molecule has 0 aromatic carbocycles. The Hall–Kier alpha value is -0.810. The van der Waals surface area contributed by atoms with Gasteiger partial charge in [-0.05, 0) is 33.0 Å². The van der Waals surface area contributed by atoms with Crippen molar-refractivity contribution in [1.82, 2.24) is 15.5 Å². The summed E-state index contributed by atoms with van der Waals surface area (Å²) in [5.74, 6) is 0. The summed E-state index contributed by atoms with van der Waals surface area (Å²) in [6.45, 7) is 4.16. The Morgan fingerprint density at radius 2 is 2.40 bits per heavy atom. The maximum absolute atomic E-state index is 11.0. The molecule has 0 radical (unpaired) electrons. The molecule has 5 heteroatoms. The first kappa shape index (κ1) is 12.3. The summed E-state index contributed by atoms with van der Waals surface area (Å²) in [6, 6.07) is 0.257. The van der Waals surface area contributed by atoms with Crippen LogP contribution in [0.3, 0.4) is 0 Å². The van der Waals surface area contributed by atoms with Crippen LogP contribution in [0.15, 0.2) is 0 Å². The Kier molecular flexibility index (Phi) is 5.42. The van der Waals surface area contributed by atoms with E-state index in [1.165, 1.54) is 7.11 Å². The minimum atomic E-state index is -0.322. The van der Waals surface area contributed by atoms with Crippen LogP contribution in [0.2, 0.25) is 0 Å². The van der Waals surface area contributed by atoms with Crippen LogP contribution in [-0.2, 0) is 4.74 Å². The number of alkyl carbamates (subject to hydrolysis) is 1. The largest absolute Gasteiger partial charge is 0.453 e. The molecule has 0 aromatic heterocycles. The maximum Gasteiger partial charge on any atom is 0.407 e. The van der Waals surface area contributed by atoms with Gasteiger partial charge in [-0.25, -0.2) is 4.79 Å². The number of methoxy groups -OCH3 is 1. The summed E-state index contributed by atoms with van der Waals surface area (Å²) in [4.78, 5) is 13.3. The average Bonchev–Trinajstić information content (AvgIpc) is 2.66. The van der Waals surface area contributed by atoms with Crippen LogP contribution < -0.4 is 10.6 Å². The van der Waals surface area contributed by atoms with E-state index < -0.39 is 0 Å². The Morgan fingerprint density at radius 3 is 3.07 bits per heavy atom. The molecular weight excluding hydrogens is 194 g/mol. The zero-order valence-corrected chi connectivity index (χ0v) is 9.58. The van der Waals surface area contributed by atoms with E-state index in [4.69, 9.17) is 0 Å². The number of amides is 1. The molecule has 88 valence electrons. The van der Waals surface area contributed by atoms with Gasteiger partial charge in [-0.15, -0.1) is 0 Å². The highest BCUT2D eigenvalue weighted by molar-refractivity contribution is 5.67. The fraction of sp³-hybridized carbons (Fsp3) is 0.900. The zero-order valence-electron chi connectivity index (χ0n) is 9.58. The number of nitrogens with zero attached hydrogens (tertiary/aromatic N) is 1. The van der Waals surface area contributed by atoms with E-state index in [1.54, 1.807) is 0 Å². The van der Waals surface area contributed by atoms with Gasteiger partial charge < -0.3 is 20.3 Å². The number of nitrogens with one attached hydrogen (secondary N) is 2. The molecule has 1 rings (SSSR count). The Balaban J connectivity index is 2.12. The van der Waals surface area contributed by atoms with Gasteiger partial charge in [-0.2, -0.15) is 0 Å². The predicted octanol–water partition coefficient (Wildman–Crippen LogP) is 0.0262. The summed E-state index contributed by atoms with van der Waals surface area (Å²) in [5, 5.41) is 5.96. The lowest BCUT2D eigenvalue weighted by Crippen LogP contribution is -2.37. The summed E-state index contributed by atoms with van der Waals surface area (Å²) >= 11 is 0. The number of ether oxygens (including phenoxy) is 1. The summed E-state index contributed by atoms with van der Waals surface area (Å²) in [5.41, 5.74) is 0. The molecule has 1 saturated heterocycles. The van der Waals surface area contributed by atoms with E-state index in [0.717, 1.165) is 39.0 Å². The highest BCUT2D eigenvalue weighted by Gasteiger charge is 2.23. The first-order valence-electron chi connectivity index (χ1n) is 5.47. The van der Waals surface area contributed by atoms with Crippen LogP contribution in [-0.4, -0.2) is 57.4 Å². The van der Waals surface area contributed by atoms with E-state index in [1.807, 2.05) is 7.05 Å². The lowest BCUT2D eigenvalue weighted by Gasteiger charge is -2.15. The number of carbonyl (C=O) groups excluding carboxylic acids is 1. The van der Waals surface area contributed by atoms with Crippen LogP contribution in [0.25, 0.3) is 0 Å². The smallest absolute Gasteiger partial charge is 0.407 e. The summed E-state index contributed by atoms with van der Waals surface area (Å²) < 4.78 is 4.57. The van der Waals surface area contributed by atoms with E-state index in [2.05, 4.69) is 20.3 Å². The number of hydrogen-bond donors (Lipinski definition) is 2. The Morgan fingerprint density at radius 1 is 1.60 bits per heavy atom. The van der Waals surface area contributed by atoms with Gasteiger partial charge in [0.25, 0.3) is 0 Å². The van der Waals surface area contributed by atoms with Crippen LogP contribution in [0.4, 0.5) is 4.79 Å². The van der Waals surface area contributed by atoms with E-state index >= 15 is 0 Å². The van der Waals surface area contributed by atoms with E-state index in [-0.39, 0.29) is 12.1 Å². The van der Waals surface area contributed by atoms with Crippen molar-refractivity contribution in [3.05, 3.63) is 0 Å². The molecule has 0 aliphatic carbocycles. The molecule has 2 N–H and O–H groups in total. The number of likely N-dealkylation sites (tertiary alicyclic amines) is 1. The molecular formula is C10H21N3O2. The second-order valence-electron chi connectivity index (χ2n) is 3.88. The second kappa shape index (κ2) is 6.63. The van der Waals surface area contributed by atoms with Gasteiger partial charge in [0.1, 0.15) is 0 Å². The molecule has 1 atom stereocenters. The van der Waals surface area contributed by atoms with E-state index in [0.29, 0.717) is 0 Å². The zero-order chi connectivity index (χ0) is 11.1. The van der Waals surface area contributed by atoms with Crippen molar-refractivity contribution in [2.24, 2.45) is 0 Å². The van der Waals surface area contributed by atoms with Crippen LogP contribution in [0.5, 0.6) is 0 Å². The van der Waals surface area contributed by atoms with E-state index in [9.17, 15) is 4.79 Å². The van der Waals surface area contributed by atoms with Gasteiger partial charge in [0, 0.05) is 19.1 Å². The van der Waals surface area contributed by atoms with Crippen molar-refractivity contribution in [3.63, 3.8) is 0 Å². The molecule has 0 saturated carbocycles. The molecule has 1 aliphatic rings. The minimum absolute atomic E-state index is 0.257. The third-order valence-corrected chi connectivity index (χ3v) is 2.68. The molecule has 1 amide bonds. The SMILES string of the molecule is CNCCCN1CCC(NC(=O)OC)C1. The van der Waals surface area contributed by atoms with Crippen molar-refractivity contribution in [1.29, 1.82) is 0 Å². The van der Waals surface area contributed by atoms with Crippen molar-refractivity contribution in [2.45, 2.75) is 18.9 Å². The number of carbonyl (C=O) groups is 1. The monoisotopic (exact) mass is 215 g/mol. The molecule has 5 nitrogen and oxygen atoms in total. The normalized spacial score (nSPS) is 21.6. The van der Waals surface area contributed by atoms with Gasteiger partial charge in [-0.3, -0.25) is 0 Å². The van der Waals surface area contributed by atoms with Crippen molar-refractivity contribution >= 4 is 6.09 Å². The fourth-order valence-electron chi connectivity index (χ4n) is 1.86. The Bertz CT molecular complexity index is 199. The van der Waals surface area contributed by atoms with Crippen molar-refractivity contribution in [3.8, 4) is 0 Å². The Labute approximate surface area is 91.2 Å². The quantitative estimate of drug-likeness (QED) is 0.635. The molecule has 1 fully saturated rings. The molecule has 0 spiro atoms. The van der Waals surface area contributed by atoms with Gasteiger partial charge in [0.05, 0.1) is 7.11 Å². The van der Waals surface area contributed by atoms with Gasteiger partial charge in [-0.1, -0.05) is 0 Å². The van der Waals surface area contributed by atoms with Crippen molar-refractivity contribution < 1.29 is 9.53 Å². The standard InChI is InChI=1S/C10H21N3O2/c1-11-5-3-6-13-7-4-9(8-13)12-10(14)15-2/h9,11H,3-8H2,1-2H3,(H,12,14). The molecule has 0 aromatic rings. The van der Waals surface area contributed by atoms with Crippen LogP contribution >= 0.6 is 0 Å². The topological polar surface area (TPSA) is 53.6 Å². The molecule has 15 heavy (non-hydrogen) atoms. The highest BCUT2D eigenvalue weighted by atomic mass is 16.5. The third kappa shape index (κ3) is 4.48. The fourth-order valence-corrected chi connectivity index (χ4v) is 1.86. The predicted molar refractivity (Wildman–Crippen MR) is 58.9 cm³/mol. The molecule has 1 unspecified atom stereocenters. The highest BCUT2D eigenvalue weighted by Crippen LogP contribution is 2.09. The first-order chi connectivity index (χ1) is 7.26. The third-order valence-electron chi connectivity index (χ3n) is 2.68. The maximum atomic E-state index is 11.0. The van der Waals surface area contributed by atoms with Gasteiger partial charge in [0.2, 0.25) is 0 Å². The number of hydrogen-bond acceptors (Lipinski definition) is 4. The first-order valence-corrected chi connectivity index (χ1v) is 5.47.